The molecule has 5 rings (SSSR count). The molecule has 7 heteroatoms. The number of hydrogen-bond donors (Lipinski definition) is 1. The van der Waals surface area contributed by atoms with Crippen molar-refractivity contribution in [3.63, 3.8) is 0 Å². The number of benzene rings is 2. The van der Waals surface area contributed by atoms with Crippen LogP contribution in [0.3, 0.4) is 0 Å². The first kappa shape index (κ1) is 30.7. The number of hydrogen-bond acceptors (Lipinski definition) is 7. The molecule has 0 saturated heterocycles. The van der Waals surface area contributed by atoms with Crippen LogP contribution in [0.25, 0.3) is 0 Å². The first-order chi connectivity index (χ1) is 21.3. The number of aromatic nitrogens is 1. The third kappa shape index (κ3) is 9.92. The molecule has 0 saturated carbocycles. The van der Waals surface area contributed by atoms with Gasteiger partial charge in [0.25, 0.3) is 0 Å². The molecule has 2 aliphatic rings. The molecule has 2 atom stereocenters. The van der Waals surface area contributed by atoms with Crippen LogP contribution in [0, 0.1) is 0 Å². The molecule has 0 fully saturated rings. The zero-order valence-electron chi connectivity index (χ0n) is 25.2. The topological polar surface area (TPSA) is 85.5 Å². The molecule has 0 bridgehead atoms. The molecule has 2 aromatic carbocycles. The molecule has 1 aromatic heterocycles. The van der Waals surface area contributed by atoms with E-state index in [0.29, 0.717) is 49.6 Å². The van der Waals surface area contributed by atoms with Gasteiger partial charge in [-0.15, -0.1) is 0 Å². The zero-order chi connectivity index (χ0) is 29.5. The number of aliphatic hydroxyl groups excluding tert-OH is 1. The van der Waals surface area contributed by atoms with Crippen molar-refractivity contribution in [2.24, 2.45) is 9.98 Å². The molecule has 0 amide bonds. The second-order valence-electron chi connectivity index (χ2n) is 11.5. The van der Waals surface area contributed by atoms with Gasteiger partial charge in [-0.05, 0) is 36.8 Å². The van der Waals surface area contributed by atoms with E-state index in [0.717, 1.165) is 44.3 Å². The lowest BCUT2D eigenvalue weighted by atomic mass is 10.1. The Bertz CT molecular complexity index is 1230. The van der Waals surface area contributed by atoms with Crippen molar-refractivity contribution in [2.75, 3.05) is 26.4 Å². The minimum absolute atomic E-state index is 0.0530. The molecule has 228 valence electrons. The molecule has 0 radical (unpaired) electrons. The Morgan fingerprint density at radius 3 is 1.58 bits per heavy atom. The van der Waals surface area contributed by atoms with Crippen molar-refractivity contribution in [2.45, 2.75) is 82.7 Å². The average molecular weight is 584 g/mol. The molecule has 7 nitrogen and oxygen atoms in total. The lowest BCUT2D eigenvalue weighted by Gasteiger charge is -2.11. The van der Waals surface area contributed by atoms with Crippen LogP contribution >= 0.6 is 0 Å². The average Bonchev–Trinajstić information content (AvgIpc) is 3.71. The number of aliphatic imine (C=N–C) groups is 2. The minimum atomic E-state index is 0.0530. The summed E-state index contributed by atoms with van der Waals surface area (Å²) in [6.45, 7) is 2.02. The molecule has 43 heavy (non-hydrogen) atoms. The van der Waals surface area contributed by atoms with Crippen LogP contribution in [0.5, 0.6) is 5.75 Å². The first-order valence-electron chi connectivity index (χ1n) is 16.0. The minimum Gasteiger partial charge on any atom is -0.493 e. The van der Waals surface area contributed by atoms with Gasteiger partial charge in [0.1, 0.15) is 30.4 Å². The maximum absolute atomic E-state index is 8.89. The van der Waals surface area contributed by atoms with Gasteiger partial charge in [0.2, 0.25) is 11.8 Å². The number of aliphatic hydroxyl groups is 1. The molecular weight excluding hydrogens is 538 g/mol. The van der Waals surface area contributed by atoms with E-state index in [-0.39, 0.29) is 12.1 Å². The Morgan fingerprint density at radius 1 is 0.628 bits per heavy atom. The van der Waals surface area contributed by atoms with Gasteiger partial charge in [-0.1, -0.05) is 106 Å². The first-order valence-corrected chi connectivity index (χ1v) is 16.0. The molecule has 1 N–H and O–H groups in total. The summed E-state index contributed by atoms with van der Waals surface area (Å²) in [5, 5.41) is 8.89. The molecule has 2 unspecified atom stereocenters. The maximum Gasteiger partial charge on any atom is 0.235 e. The second-order valence-corrected chi connectivity index (χ2v) is 11.5. The fraction of sp³-hybridized carbons (Fsp3) is 0.472. The fourth-order valence-electron chi connectivity index (χ4n) is 5.54. The summed E-state index contributed by atoms with van der Waals surface area (Å²) in [6, 6.07) is 24.7. The van der Waals surface area contributed by atoms with E-state index in [1.807, 2.05) is 24.3 Å². The Morgan fingerprint density at radius 2 is 1.09 bits per heavy atom. The highest BCUT2D eigenvalue weighted by atomic mass is 16.5. The Balaban J connectivity index is 1.21. The summed E-state index contributed by atoms with van der Waals surface area (Å²) in [5.41, 5.74) is 3.79. The quantitative estimate of drug-likeness (QED) is 0.168. The third-order valence-electron chi connectivity index (χ3n) is 7.86. The highest BCUT2D eigenvalue weighted by molar-refractivity contribution is 5.98. The predicted octanol–water partition coefficient (Wildman–Crippen LogP) is 6.74. The molecule has 3 heterocycles. The van der Waals surface area contributed by atoms with Crippen molar-refractivity contribution in [3.8, 4) is 5.75 Å². The zero-order valence-corrected chi connectivity index (χ0v) is 25.2. The third-order valence-corrected chi connectivity index (χ3v) is 7.86. The predicted molar refractivity (Wildman–Crippen MR) is 171 cm³/mol. The van der Waals surface area contributed by atoms with Gasteiger partial charge in [0.15, 0.2) is 0 Å². The van der Waals surface area contributed by atoms with Crippen molar-refractivity contribution in [1.29, 1.82) is 0 Å². The van der Waals surface area contributed by atoms with Gasteiger partial charge < -0.3 is 19.3 Å². The van der Waals surface area contributed by atoms with Crippen LogP contribution in [0.2, 0.25) is 0 Å². The van der Waals surface area contributed by atoms with Crippen LogP contribution in [0.15, 0.2) is 82.8 Å². The van der Waals surface area contributed by atoms with Crippen LogP contribution in [0.1, 0.15) is 80.3 Å². The molecule has 2 aliphatic heterocycles. The van der Waals surface area contributed by atoms with Gasteiger partial charge >= 0.3 is 0 Å². The highest BCUT2D eigenvalue weighted by Crippen LogP contribution is 2.23. The van der Waals surface area contributed by atoms with E-state index in [1.165, 1.54) is 43.2 Å². The van der Waals surface area contributed by atoms with Crippen LogP contribution in [-0.2, 0) is 22.3 Å². The lowest BCUT2D eigenvalue weighted by Crippen LogP contribution is -2.12. The van der Waals surface area contributed by atoms with Crippen molar-refractivity contribution in [1.82, 2.24) is 4.98 Å². The largest absolute Gasteiger partial charge is 0.493 e. The van der Waals surface area contributed by atoms with Crippen molar-refractivity contribution in [3.05, 3.63) is 95.3 Å². The van der Waals surface area contributed by atoms with Crippen LogP contribution < -0.4 is 4.74 Å². The van der Waals surface area contributed by atoms with Crippen LogP contribution in [-0.4, -0.2) is 60.4 Å². The van der Waals surface area contributed by atoms with Crippen molar-refractivity contribution < 1.29 is 19.3 Å². The summed E-state index contributed by atoms with van der Waals surface area (Å²) < 4.78 is 18.3. The standard InChI is InChI=1S/C36H45N3O4/c40-20-14-6-4-2-1-3-5-7-15-21-41-32-24-33(35-37-30(26-42-35)22-28-16-10-8-11-17-28)39-34(25-32)36-38-31(27-43-36)23-29-18-12-9-13-19-29/h8-13,16-19,24-25,30-31,40H,1-7,14-15,20-23,26-27H2. The van der Waals surface area contributed by atoms with E-state index in [4.69, 9.17) is 34.3 Å². The summed E-state index contributed by atoms with van der Waals surface area (Å²) >= 11 is 0. The van der Waals surface area contributed by atoms with Crippen molar-refractivity contribution >= 4 is 11.8 Å². The van der Waals surface area contributed by atoms with E-state index < -0.39 is 0 Å². The maximum atomic E-state index is 8.89. The number of rotatable bonds is 18. The van der Waals surface area contributed by atoms with Gasteiger partial charge in [0.05, 0.1) is 18.7 Å². The Hall–Kier alpha value is -3.71. The summed E-state index contributed by atoms with van der Waals surface area (Å²) in [6.07, 6.45) is 12.1. The number of nitrogens with zero attached hydrogens (tertiary/aromatic N) is 3. The van der Waals surface area contributed by atoms with Gasteiger partial charge in [-0.25, -0.2) is 15.0 Å². The fourth-order valence-corrected chi connectivity index (χ4v) is 5.54. The van der Waals surface area contributed by atoms with E-state index in [2.05, 4.69) is 48.5 Å². The lowest BCUT2D eigenvalue weighted by molar-refractivity contribution is 0.282. The molecule has 3 aromatic rings. The summed E-state index contributed by atoms with van der Waals surface area (Å²) in [5.74, 6) is 1.83. The summed E-state index contributed by atoms with van der Waals surface area (Å²) in [7, 11) is 0. The second kappa shape index (κ2) is 16.8. The SMILES string of the molecule is OCCCCCCCCCCCOc1cc(C2=NC(Cc3ccccc3)CO2)nc(C2=NC(Cc3ccccc3)CO2)c1. The number of unbranched alkanes of at least 4 members (excludes halogenated alkanes) is 8. The van der Waals surface area contributed by atoms with Gasteiger partial charge in [0, 0.05) is 18.7 Å². The molecule has 0 spiro atoms. The van der Waals surface area contributed by atoms with E-state index in [9.17, 15) is 0 Å². The van der Waals surface area contributed by atoms with Gasteiger partial charge in [-0.2, -0.15) is 0 Å². The van der Waals surface area contributed by atoms with E-state index >= 15 is 0 Å². The Kier molecular flexibility index (Phi) is 12.0. The highest BCUT2D eigenvalue weighted by Gasteiger charge is 2.26. The molecule has 0 aliphatic carbocycles. The summed E-state index contributed by atoms with van der Waals surface area (Å²) in [4.78, 5) is 14.6. The van der Waals surface area contributed by atoms with E-state index in [1.54, 1.807) is 0 Å². The van der Waals surface area contributed by atoms with Gasteiger partial charge in [-0.3, -0.25) is 0 Å². The number of pyridine rings is 1. The number of ether oxygens (including phenoxy) is 3. The smallest absolute Gasteiger partial charge is 0.235 e. The normalized spacial score (nSPS) is 17.7. The Labute approximate surface area is 256 Å². The monoisotopic (exact) mass is 583 g/mol. The molecular formula is C36H45N3O4. The van der Waals surface area contributed by atoms with Crippen LogP contribution in [0.4, 0.5) is 0 Å².